The number of hydrogen-bond acceptors (Lipinski definition) is 8. The summed E-state index contributed by atoms with van der Waals surface area (Å²) in [5.41, 5.74) is 5.38. The van der Waals surface area contributed by atoms with E-state index in [0.717, 1.165) is 70.6 Å². The molecule has 0 aromatic heterocycles. The molecule has 0 aliphatic heterocycles. The first kappa shape index (κ1) is 68.7. The number of carbonyl (C=O) groups excluding carboxylic acids is 2. The molecular formula is C61H112NO8P. The van der Waals surface area contributed by atoms with Crippen LogP contribution in [0.2, 0.25) is 0 Å². The van der Waals surface area contributed by atoms with Gasteiger partial charge in [-0.25, -0.2) is 4.57 Å². The molecule has 2 unspecified atom stereocenters. The largest absolute Gasteiger partial charge is 0.472 e. The van der Waals surface area contributed by atoms with Crippen molar-refractivity contribution in [3.63, 3.8) is 0 Å². The molecule has 0 radical (unpaired) electrons. The minimum absolute atomic E-state index is 0.0509. The first-order valence-electron chi connectivity index (χ1n) is 29.8. The third-order valence-corrected chi connectivity index (χ3v) is 13.9. The maximum absolute atomic E-state index is 12.7. The molecule has 0 saturated carbocycles. The van der Waals surface area contributed by atoms with Gasteiger partial charge >= 0.3 is 19.8 Å². The molecule has 0 fully saturated rings. The molecule has 0 bridgehead atoms. The number of allylic oxidation sites excluding steroid dienone is 10. The van der Waals surface area contributed by atoms with Gasteiger partial charge in [-0.05, 0) is 77.0 Å². The van der Waals surface area contributed by atoms with Crippen LogP contribution >= 0.6 is 7.82 Å². The van der Waals surface area contributed by atoms with Gasteiger partial charge in [0, 0.05) is 19.4 Å². The van der Waals surface area contributed by atoms with Crippen LogP contribution in [0.25, 0.3) is 0 Å². The lowest BCUT2D eigenvalue weighted by molar-refractivity contribution is -0.161. The SMILES string of the molecule is CC/C=C\C/C=C\C/C=C\CCCCCCCCCC(=O)OC(COC(=O)CCCCCCCCCCCCCCCCCCCCCCC/C=C\C/C=C\CCCCCCC)COP(=O)(O)OCCN. The average Bonchev–Trinajstić information content (AvgIpc) is 3.36. The Morgan fingerprint density at radius 3 is 1.15 bits per heavy atom. The molecule has 0 spiro atoms. The molecule has 9 nitrogen and oxygen atoms in total. The van der Waals surface area contributed by atoms with Crippen molar-refractivity contribution in [2.45, 2.75) is 290 Å². The topological polar surface area (TPSA) is 134 Å². The highest BCUT2D eigenvalue weighted by Gasteiger charge is 2.26. The first-order chi connectivity index (χ1) is 34.8. The summed E-state index contributed by atoms with van der Waals surface area (Å²) in [6, 6.07) is 0. The molecule has 0 rings (SSSR count). The summed E-state index contributed by atoms with van der Waals surface area (Å²) in [7, 11) is -4.39. The van der Waals surface area contributed by atoms with Crippen molar-refractivity contribution >= 4 is 19.8 Å². The molecule has 0 aromatic rings. The lowest BCUT2D eigenvalue weighted by Gasteiger charge is -2.19. The number of esters is 2. The van der Waals surface area contributed by atoms with E-state index in [9.17, 15) is 19.0 Å². The van der Waals surface area contributed by atoms with Gasteiger partial charge in [-0.1, -0.05) is 254 Å². The van der Waals surface area contributed by atoms with E-state index >= 15 is 0 Å². The van der Waals surface area contributed by atoms with Gasteiger partial charge in [0.05, 0.1) is 13.2 Å². The highest BCUT2D eigenvalue weighted by Crippen LogP contribution is 2.43. The van der Waals surface area contributed by atoms with Crippen LogP contribution < -0.4 is 5.73 Å². The third-order valence-electron chi connectivity index (χ3n) is 12.9. The summed E-state index contributed by atoms with van der Waals surface area (Å²) in [4.78, 5) is 35.1. The Morgan fingerprint density at radius 2 is 0.775 bits per heavy atom. The zero-order valence-electron chi connectivity index (χ0n) is 46.2. The molecule has 0 amide bonds. The van der Waals surface area contributed by atoms with E-state index in [1.54, 1.807) is 0 Å². The molecule has 0 aliphatic carbocycles. The van der Waals surface area contributed by atoms with Crippen LogP contribution in [0.1, 0.15) is 284 Å². The smallest absolute Gasteiger partial charge is 0.462 e. The van der Waals surface area contributed by atoms with Gasteiger partial charge in [-0.3, -0.25) is 18.6 Å². The summed E-state index contributed by atoms with van der Waals surface area (Å²) in [5, 5.41) is 0. The Bertz CT molecular complexity index is 1350. The lowest BCUT2D eigenvalue weighted by Crippen LogP contribution is -2.29. The van der Waals surface area contributed by atoms with Crippen molar-refractivity contribution in [1.82, 2.24) is 0 Å². The van der Waals surface area contributed by atoms with E-state index < -0.39 is 26.5 Å². The van der Waals surface area contributed by atoms with Crippen molar-refractivity contribution < 1.29 is 37.6 Å². The molecule has 71 heavy (non-hydrogen) atoms. The van der Waals surface area contributed by atoms with Gasteiger partial charge in [0.25, 0.3) is 0 Å². The Balaban J connectivity index is 3.85. The van der Waals surface area contributed by atoms with Crippen LogP contribution in [0.15, 0.2) is 60.8 Å². The maximum atomic E-state index is 12.7. The summed E-state index contributed by atoms with van der Waals surface area (Å²) in [6.45, 7) is 3.64. The van der Waals surface area contributed by atoms with Crippen LogP contribution in [0.5, 0.6) is 0 Å². The summed E-state index contributed by atoms with van der Waals surface area (Å²) in [6.07, 6.45) is 71.5. The van der Waals surface area contributed by atoms with Crippen LogP contribution in [-0.2, 0) is 32.7 Å². The predicted octanol–water partition coefficient (Wildman–Crippen LogP) is 18.7. The molecule has 3 N–H and O–H groups in total. The molecule has 0 aromatic carbocycles. The van der Waals surface area contributed by atoms with Gasteiger partial charge in [-0.2, -0.15) is 0 Å². The van der Waals surface area contributed by atoms with Crippen molar-refractivity contribution in [1.29, 1.82) is 0 Å². The van der Waals surface area contributed by atoms with Crippen molar-refractivity contribution in [2.24, 2.45) is 5.73 Å². The van der Waals surface area contributed by atoms with E-state index in [-0.39, 0.29) is 38.6 Å². The first-order valence-corrected chi connectivity index (χ1v) is 31.3. The zero-order valence-corrected chi connectivity index (χ0v) is 47.1. The second kappa shape index (κ2) is 57.0. The maximum Gasteiger partial charge on any atom is 0.472 e. The summed E-state index contributed by atoms with van der Waals surface area (Å²) < 4.78 is 33.0. The number of unbranched alkanes of at least 4 members (excludes halogenated alkanes) is 33. The number of ether oxygens (including phenoxy) is 2. The minimum Gasteiger partial charge on any atom is -0.462 e. The van der Waals surface area contributed by atoms with Crippen LogP contribution in [0, 0.1) is 0 Å². The number of carbonyl (C=O) groups is 2. The minimum atomic E-state index is -4.39. The zero-order chi connectivity index (χ0) is 51.7. The summed E-state index contributed by atoms with van der Waals surface area (Å²) in [5.74, 6) is -0.830. The number of phosphoric acid groups is 1. The standard InChI is InChI=1S/C61H112NO8P/c1-3-5-7-9-11-13-15-17-19-21-22-23-24-25-26-27-28-29-30-31-32-33-34-35-36-38-39-41-43-45-47-49-51-53-60(63)67-57-59(58-69-71(65,66)68-56-55-62)70-61(64)54-52-50-48-46-44-42-40-37-20-18-16-14-12-10-8-6-4-2/h6,8,12,14-15,17-18,20-22,59H,3-5,7,9-11,13,16,19,23-58,62H2,1-2H3,(H,65,66)/b8-6-,14-12-,17-15-,20-18-,22-21-. The van der Waals surface area contributed by atoms with Crippen molar-refractivity contribution in [3.05, 3.63) is 60.8 Å². The Labute approximate surface area is 438 Å². The van der Waals surface area contributed by atoms with E-state index in [4.69, 9.17) is 24.3 Å². The van der Waals surface area contributed by atoms with E-state index in [1.807, 2.05) is 0 Å². The molecule has 0 saturated heterocycles. The molecular weight excluding hydrogens is 906 g/mol. The fraction of sp³-hybridized carbons (Fsp3) is 0.803. The van der Waals surface area contributed by atoms with E-state index in [0.29, 0.717) is 6.42 Å². The summed E-state index contributed by atoms with van der Waals surface area (Å²) >= 11 is 0. The second-order valence-electron chi connectivity index (χ2n) is 19.8. The second-order valence-corrected chi connectivity index (χ2v) is 21.3. The molecule has 0 aliphatic rings. The molecule has 0 heterocycles. The van der Waals surface area contributed by atoms with Gasteiger partial charge in [0.15, 0.2) is 6.10 Å². The Hall–Kier alpha value is -2.29. The fourth-order valence-electron chi connectivity index (χ4n) is 8.51. The predicted molar refractivity (Wildman–Crippen MR) is 303 cm³/mol. The lowest BCUT2D eigenvalue weighted by atomic mass is 10.0. The van der Waals surface area contributed by atoms with E-state index in [2.05, 4.69) is 74.6 Å². The average molecular weight is 1020 g/mol. The Morgan fingerprint density at radius 1 is 0.437 bits per heavy atom. The third kappa shape index (κ3) is 56.9. The van der Waals surface area contributed by atoms with Crippen LogP contribution in [0.3, 0.4) is 0 Å². The highest BCUT2D eigenvalue weighted by atomic mass is 31.2. The quantitative estimate of drug-likeness (QED) is 0.0264. The normalized spacial score (nSPS) is 13.5. The number of hydrogen-bond donors (Lipinski definition) is 2. The van der Waals surface area contributed by atoms with Crippen LogP contribution in [-0.4, -0.2) is 49.3 Å². The number of phosphoric ester groups is 1. The fourth-order valence-corrected chi connectivity index (χ4v) is 9.27. The van der Waals surface area contributed by atoms with Crippen LogP contribution in [0.4, 0.5) is 0 Å². The van der Waals surface area contributed by atoms with Gasteiger partial charge < -0.3 is 20.1 Å². The molecule has 10 heteroatoms. The van der Waals surface area contributed by atoms with E-state index in [1.165, 1.54) is 180 Å². The molecule has 414 valence electrons. The van der Waals surface area contributed by atoms with Gasteiger partial charge in [0.1, 0.15) is 6.61 Å². The number of nitrogens with two attached hydrogens (primary N) is 1. The van der Waals surface area contributed by atoms with Gasteiger partial charge in [-0.15, -0.1) is 0 Å². The van der Waals surface area contributed by atoms with Crippen molar-refractivity contribution in [2.75, 3.05) is 26.4 Å². The highest BCUT2D eigenvalue weighted by molar-refractivity contribution is 7.47. The molecule has 2 atom stereocenters. The van der Waals surface area contributed by atoms with Gasteiger partial charge in [0.2, 0.25) is 0 Å². The monoisotopic (exact) mass is 1020 g/mol. The number of rotatable bonds is 56. The van der Waals surface area contributed by atoms with Crippen molar-refractivity contribution in [3.8, 4) is 0 Å². The Kier molecular flexibility index (Phi) is 55.2.